The van der Waals surface area contributed by atoms with Gasteiger partial charge in [-0.05, 0) is 18.6 Å². The fourth-order valence-corrected chi connectivity index (χ4v) is 1.89. The second-order valence-electron chi connectivity index (χ2n) is 4.37. The Morgan fingerprint density at radius 1 is 1.45 bits per heavy atom. The molecule has 0 spiro atoms. The molecular formula is C15H16N2O3. The van der Waals surface area contributed by atoms with E-state index < -0.39 is 5.97 Å². The Labute approximate surface area is 116 Å². The lowest BCUT2D eigenvalue weighted by Gasteiger charge is -2.12. The first-order valence-electron chi connectivity index (χ1n) is 6.19. The van der Waals surface area contributed by atoms with E-state index >= 15 is 0 Å². The van der Waals surface area contributed by atoms with Gasteiger partial charge in [0.15, 0.2) is 0 Å². The van der Waals surface area contributed by atoms with E-state index in [0.717, 1.165) is 16.6 Å². The van der Waals surface area contributed by atoms with Gasteiger partial charge in [0.25, 0.3) is 0 Å². The van der Waals surface area contributed by atoms with Gasteiger partial charge in [0, 0.05) is 23.3 Å². The van der Waals surface area contributed by atoms with Gasteiger partial charge in [-0.25, -0.2) is 0 Å². The molecule has 20 heavy (non-hydrogen) atoms. The number of pyridine rings is 1. The lowest BCUT2D eigenvalue weighted by Crippen LogP contribution is -2.03. The van der Waals surface area contributed by atoms with Crippen molar-refractivity contribution in [3.63, 3.8) is 0 Å². The predicted octanol–water partition coefficient (Wildman–Crippen LogP) is 3.03. The van der Waals surface area contributed by atoms with E-state index in [1.165, 1.54) is 0 Å². The molecule has 0 fully saturated rings. The third kappa shape index (κ3) is 3.26. The van der Waals surface area contributed by atoms with E-state index in [-0.39, 0.29) is 6.42 Å². The first kappa shape index (κ1) is 13.9. The van der Waals surface area contributed by atoms with E-state index in [0.29, 0.717) is 17.9 Å². The zero-order chi connectivity index (χ0) is 14.5. The minimum absolute atomic E-state index is 0.0428. The molecule has 1 heterocycles. The molecule has 0 atom stereocenters. The van der Waals surface area contributed by atoms with Crippen LogP contribution in [-0.4, -0.2) is 23.2 Å². The standard InChI is InChI=1S/C15H16N2O3/c1-10(5-6-14(18)19)17-13-9-12(20-2)8-11-4-3-7-16-15(11)13/h3-4,7-9,17H,1,5-6H2,2H3,(H,18,19). The number of nitrogens with one attached hydrogen (secondary N) is 1. The van der Waals surface area contributed by atoms with Gasteiger partial charge in [-0.2, -0.15) is 0 Å². The van der Waals surface area contributed by atoms with Crippen molar-refractivity contribution in [1.82, 2.24) is 4.98 Å². The zero-order valence-electron chi connectivity index (χ0n) is 11.2. The van der Waals surface area contributed by atoms with Crippen molar-refractivity contribution in [2.45, 2.75) is 12.8 Å². The Bertz CT molecular complexity index is 653. The molecule has 0 aliphatic heterocycles. The van der Waals surface area contributed by atoms with Crippen molar-refractivity contribution < 1.29 is 14.6 Å². The van der Waals surface area contributed by atoms with Crippen LogP contribution >= 0.6 is 0 Å². The molecule has 0 saturated carbocycles. The van der Waals surface area contributed by atoms with Gasteiger partial charge in [0.2, 0.25) is 0 Å². The fraction of sp³-hybridized carbons (Fsp3) is 0.200. The number of carboxylic acids is 1. The molecule has 2 N–H and O–H groups in total. The third-order valence-electron chi connectivity index (χ3n) is 2.87. The van der Waals surface area contributed by atoms with Crippen molar-refractivity contribution in [2.24, 2.45) is 0 Å². The first-order valence-corrected chi connectivity index (χ1v) is 6.19. The fourth-order valence-electron chi connectivity index (χ4n) is 1.89. The maximum absolute atomic E-state index is 10.6. The van der Waals surface area contributed by atoms with Crippen molar-refractivity contribution in [3.05, 3.63) is 42.7 Å². The van der Waals surface area contributed by atoms with Crippen LogP contribution in [0.2, 0.25) is 0 Å². The minimum Gasteiger partial charge on any atom is -0.497 e. The number of carbonyl (C=O) groups is 1. The minimum atomic E-state index is -0.846. The molecule has 5 nitrogen and oxygen atoms in total. The van der Waals surface area contributed by atoms with Crippen molar-refractivity contribution in [2.75, 3.05) is 12.4 Å². The number of anilines is 1. The van der Waals surface area contributed by atoms with Crippen LogP contribution in [0.5, 0.6) is 5.75 Å². The lowest BCUT2D eigenvalue weighted by molar-refractivity contribution is -0.136. The maximum atomic E-state index is 10.6. The molecule has 5 heteroatoms. The highest BCUT2D eigenvalue weighted by Crippen LogP contribution is 2.28. The van der Waals surface area contributed by atoms with Crippen LogP contribution in [0.1, 0.15) is 12.8 Å². The quantitative estimate of drug-likeness (QED) is 0.845. The number of aromatic nitrogens is 1. The van der Waals surface area contributed by atoms with Gasteiger partial charge in [0.1, 0.15) is 5.75 Å². The summed E-state index contributed by atoms with van der Waals surface area (Å²) in [4.78, 5) is 14.9. The summed E-state index contributed by atoms with van der Waals surface area (Å²) in [6, 6.07) is 7.51. The molecule has 1 aromatic carbocycles. The number of hydrogen-bond donors (Lipinski definition) is 2. The summed E-state index contributed by atoms with van der Waals surface area (Å²) in [6.07, 6.45) is 2.11. The van der Waals surface area contributed by atoms with Crippen LogP contribution in [0.25, 0.3) is 10.9 Å². The van der Waals surface area contributed by atoms with Crippen molar-refractivity contribution in [3.8, 4) is 5.75 Å². The van der Waals surface area contributed by atoms with Gasteiger partial charge in [-0.3, -0.25) is 9.78 Å². The largest absolute Gasteiger partial charge is 0.497 e. The van der Waals surface area contributed by atoms with Gasteiger partial charge < -0.3 is 15.2 Å². The highest BCUT2D eigenvalue weighted by atomic mass is 16.5. The predicted molar refractivity (Wildman–Crippen MR) is 77.9 cm³/mol. The Morgan fingerprint density at radius 2 is 2.25 bits per heavy atom. The molecule has 0 amide bonds. The summed E-state index contributed by atoms with van der Waals surface area (Å²) < 4.78 is 5.25. The number of hydrogen-bond acceptors (Lipinski definition) is 4. The second kappa shape index (κ2) is 6.06. The zero-order valence-corrected chi connectivity index (χ0v) is 11.2. The summed E-state index contributed by atoms with van der Waals surface area (Å²) in [7, 11) is 1.60. The second-order valence-corrected chi connectivity index (χ2v) is 4.37. The van der Waals surface area contributed by atoms with E-state index in [1.54, 1.807) is 13.3 Å². The number of rotatable bonds is 6. The Morgan fingerprint density at radius 3 is 2.95 bits per heavy atom. The van der Waals surface area contributed by atoms with Crippen LogP contribution in [0.4, 0.5) is 5.69 Å². The van der Waals surface area contributed by atoms with Gasteiger partial charge in [-0.15, -0.1) is 0 Å². The highest BCUT2D eigenvalue weighted by Gasteiger charge is 2.07. The Kier molecular flexibility index (Phi) is 4.20. The summed E-state index contributed by atoms with van der Waals surface area (Å²) in [5.74, 6) is -0.138. The van der Waals surface area contributed by atoms with Crippen molar-refractivity contribution >= 4 is 22.6 Å². The van der Waals surface area contributed by atoms with E-state index in [9.17, 15) is 4.79 Å². The monoisotopic (exact) mass is 272 g/mol. The number of methoxy groups -OCH3 is 1. The van der Waals surface area contributed by atoms with Gasteiger partial charge in [-0.1, -0.05) is 12.6 Å². The molecule has 0 aliphatic carbocycles. The molecule has 0 aliphatic rings. The number of aliphatic carboxylic acids is 1. The highest BCUT2D eigenvalue weighted by molar-refractivity contribution is 5.92. The third-order valence-corrected chi connectivity index (χ3v) is 2.87. The number of nitrogens with zero attached hydrogens (tertiary/aromatic N) is 1. The smallest absolute Gasteiger partial charge is 0.303 e. The van der Waals surface area contributed by atoms with Crippen LogP contribution in [-0.2, 0) is 4.79 Å². The topological polar surface area (TPSA) is 71.5 Å². The molecule has 0 unspecified atom stereocenters. The van der Waals surface area contributed by atoms with Gasteiger partial charge in [0.05, 0.1) is 24.7 Å². The van der Waals surface area contributed by atoms with Crippen LogP contribution in [0, 0.1) is 0 Å². The lowest BCUT2D eigenvalue weighted by atomic mass is 10.1. The number of ether oxygens (including phenoxy) is 1. The Balaban J connectivity index is 2.28. The summed E-state index contributed by atoms with van der Waals surface area (Å²) in [6.45, 7) is 3.84. The summed E-state index contributed by atoms with van der Waals surface area (Å²) in [5, 5.41) is 12.7. The molecular weight excluding hydrogens is 256 g/mol. The average molecular weight is 272 g/mol. The number of fused-ring (bicyclic) bond motifs is 1. The van der Waals surface area contributed by atoms with Crippen LogP contribution in [0.15, 0.2) is 42.7 Å². The van der Waals surface area contributed by atoms with Crippen LogP contribution in [0.3, 0.4) is 0 Å². The maximum Gasteiger partial charge on any atom is 0.303 e. The number of carboxylic acid groups (broad SMARTS) is 1. The van der Waals surface area contributed by atoms with Crippen LogP contribution < -0.4 is 10.1 Å². The molecule has 1 aromatic heterocycles. The van der Waals surface area contributed by atoms with E-state index in [4.69, 9.17) is 9.84 Å². The number of benzene rings is 1. The Hall–Kier alpha value is -2.56. The van der Waals surface area contributed by atoms with Gasteiger partial charge >= 0.3 is 5.97 Å². The molecule has 104 valence electrons. The SMILES string of the molecule is C=C(CCC(=O)O)Nc1cc(OC)cc2cccnc12. The van der Waals surface area contributed by atoms with E-state index in [2.05, 4.69) is 16.9 Å². The molecule has 0 saturated heterocycles. The molecule has 0 radical (unpaired) electrons. The average Bonchev–Trinajstić information content (AvgIpc) is 2.45. The summed E-state index contributed by atoms with van der Waals surface area (Å²) in [5.41, 5.74) is 2.19. The van der Waals surface area contributed by atoms with Crippen molar-refractivity contribution in [1.29, 1.82) is 0 Å². The normalized spacial score (nSPS) is 10.2. The van der Waals surface area contributed by atoms with E-state index in [1.807, 2.05) is 24.3 Å². The molecule has 2 aromatic rings. The molecule has 2 rings (SSSR count). The molecule has 0 bridgehead atoms. The summed E-state index contributed by atoms with van der Waals surface area (Å²) >= 11 is 0. The number of allylic oxidation sites excluding steroid dienone is 1. The first-order chi connectivity index (χ1) is 9.60.